The largest absolute Gasteiger partial charge is 0.377 e. The number of nitrogens with one attached hydrogen (secondary N) is 2. The van der Waals surface area contributed by atoms with Crippen molar-refractivity contribution in [1.29, 1.82) is 0 Å². The zero-order valence-corrected chi connectivity index (χ0v) is 16.2. The molecule has 30 heavy (non-hydrogen) atoms. The van der Waals surface area contributed by atoms with E-state index in [2.05, 4.69) is 20.8 Å². The zero-order valence-electron chi connectivity index (χ0n) is 16.2. The molecule has 9 heteroatoms. The summed E-state index contributed by atoms with van der Waals surface area (Å²) in [5, 5.41) is 14.8. The van der Waals surface area contributed by atoms with Gasteiger partial charge in [-0.05, 0) is 25.1 Å². The van der Waals surface area contributed by atoms with Crippen LogP contribution in [-0.4, -0.2) is 35.7 Å². The molecule has 2 N–H and O–H groups in total. The Morgan fingerprint density at radius 1 is 1.20 bits per heavy atom. The fourth-order valence-corrected chi connectivity index (χ4v) is 3.60. The molecule has 1 fully saturated rings. The van der Waals surface area contributed by atoms with Crippen LogP contribution in [-0.2, 0) is 4.79 Å². The molecule has 1 amide bonds. The summed E-state index contributed by atoms with van der Waals surface area (Å²) in [5.74, 6) is -0.964. The summed E-state index contributed by atoms with van der Waals surface area (Å²) in [6, 6.07) is 8.96. The first-order valence-corrected chi connectivity index (χ1v) is 9.54. The van der Waals surface area contributed by atoms with Crippen LogP contribution in [0.4, 0.5) is 24.5 Å². The number of carbonyl (C=O) groups excluding carboxylic acids is 1. The number of piperazine rings is 1. The summed E-state index contributed by atoms with van der Waals surface area (Å²) < 4.78 is 40.6. The van der Waals surface area contributed by atoms with Crippen LogP contribution in [0.25, 0.3) is 10.9 Å². The number of hydrogen-bond donors (Lipinski definition) is 2. The Balaban J connectivity index is 1.66. The Bertz CT molecular complexity index is 1090. The van der Waals surface area contributed by atoms with Crippen molar-refractivity contribution in [1.82, 2.24) is 15.5 Å². The van der Waals surface area contributed by atoms with E-state index in [1.807, 2.05) is 17.0 Å². The summed E-state index contributed by atoms with van der Waals surface area (Å²) in [5.41, 5.74) is 1.59. The van der Waals surface area contributed by atoms with Crippen molar-refractivity contribution in [3.8, 4) is 0 Å². The minimum Gasteiger partial charge on any atom is -0.377 e. The van der Waals surface area contributed by atoms with Gasteiger partial charge >= 0.3 is 0 Å². The van der Waals surface area contributed by atoms with E-state index in [-0.39, 0.29) is 18.0 Å². The van der Waals surface area contributed by atoms with Crippen molar-refractivity contribution < 1.29 is 18.0 Å². The van der Waals surface area contributed by atoms with Crippen molar-refractivity contribution >= 4 is 28.2 Å². The molecule has 0 saturated carbocycles. The van der Waals surface area contributed by atoms with E-state index in [1.54, 1.807) is 13.0 Å². The average Bonchev–Trinajstić information content (AvgIpc) is 2.73. The molecule has 1 aromatic heterocycles. The van der Waals surface area contributed by atoms with E-state index in [0.29, 0.717) is 24.3 Å². The molecule has 0 radical (unpaired) electrons. The molecule has 1 saturated heterocycles. The number of fused-ring (bicyclic) bond motifs is 1. The van der Waals surface area contributed by atoms with Gasteiger partial charge in [0.15, 0.2) is 0 Å². The molecule has 2 aromatic carbocycles. The smallest absolute Gasteiger partial charge is 0.266 e. The summed E-state index contributed by atoms with van der Waals surface area (Å²) in [7, 11) is 0. The van der Waals surface area contributed by atoms with E-state index in [9.17, 15) is 18.0 Å². The lowest BCUT2D eigenvalue weighted by Gasteiger charge is -2.29. The second kappa shape index (κ2) is 8.17. The van der Waals surface area contributed by atoms with Crippen molar-refractivity contribution in [3.05, 3.63) is 59.5 Å². The molecule has 0 bridgehead atoms. The Hall–Kier alpha value is -3.36. The molecule has 2 heterocycles. The lowest BCUT2D eigenvalue weighted by Crippen LogP contribution is -2.47. The SMILES string of the molecule is C[C@@H](Nc1cnnc2ccc(N3CCNC(=O)C3)cc12)c1cccc(C(F)F)c1F. The second-order valence-corrected chi connectivity index (χ2v) is 7.15. The van der Waals surface area contributed by atoms with Crippen LogP contribution in [0.3, 0.4) is 0 Å². The van der Waals surface area contributed by atoms with Gasteiger partial charge in [0.1, 0.15) is 5.82 Å². The number of halogens is 3. The number of amides is 1. The highest BCUT2D eigenvalue weighted by Gasteiger charge is 2.21. The third kappa shape index (κ3) is 3.87. The minimum atomic E-state index is -2.88. The molecule has 4 rings (SSSR count). The second-order valence-electron chi connectivity index (χ2n) is 7.15. The maximum atomic E-state index is 14.5. The molecule has 1 aliphatic heterocycles. The molecular formula is C21H20F3N5O. The Labute approximate surface area is 171 Å². The van der Waals surface area contributed by atoms with Gasteiger partial charge in [-0.15, -0.1) is 0 Å². The van der Waals surface area contributed by atoms with E-state index >= 15 is 0 Å². The number of aromatic nitrogens is 2. The van der Waals surface area contributed by atoms with Gasteiger partial charge in [0.2, 0.25) is 5.91 Å². The first-order chi connectivity index (χ1) is 14.4. The first-order valence-electron chi connectivity index (χ1n) is 9.54. The number of nitrogens with zero attached hydrogens (tertiary/aromatic N) is 3. The van der Waals surface area contributed by atoms with Gasteiger partial charge in [-0.1, -0.05) is 18.2 Å². The van der Waals surface area contributed by atoms with Crippen molar-refractivity contribution in [2.24, 2.45) is 0 Å². The lowest BCUT2D eigenvalue weighted by molar-refractivity contribution is -0.120. The van der Waals surface area contributed by atoms with Crippen LogP contribution in [0.15, 0.2) is 42.6 Å². The number of alkyl halides is 2. The highest BCUT2D eigenvalue weighted by atomic mass is 19.3. The van der Waals surface area contributed by atoms with E-state index in [4.69, 9.17) is 0 Å². The highest BCUT2D eigenvalue weighted by Crippen LogP contribution is 2.32. The maximum Gasteiger partial charge on any atom is 0.266 e. The van der Waals surface area contributed by atoms with Gasteiger partial charge in [-0.25, -0.2) is 13.2 Å². The number of hydrogen-bond acceptors (Lipinski definition) is 5. The van der Waals surface area contributed by atoms with Crippen LogP contribution in [0.2, 0.25) is 0 Å². The van der Waals surface area contributed by atoms with E-state index in [1.165, 1.54) is 18.3 Å². The predicted octanol–water partition coefficient (Wildman–Crippen LogP) is 3.82. The standard InChI is InChI=1S/C21H20F3N5O/c1-12(14-3-2-4-15(20(14)22)21(23)24)27-18-10-26-28-17-6-5-13(9-16(17)18)29-8-7-25-19(30)11-29/h2-6,9-10,12,21H,7-8,11H2,1H3,(H,25,30)(H,27,28)/t12-/m1/s1. The molecular weight excluding hydrogens is 395 g/mol. The quantitative estimate of drug-likeness (QED) is 0.663. The molecule has 156 valence electrons. The molecule has 1 atom stereocenters. The molecule has 0 aliphatic carbocycles. The highest BCUT2D eigenvalue weighted by molar-refractivity contribution is 5.93. The number of benzene rings is 2. The first kappa shape index (κ1) is 19.9. The van der Waals surface area contributed by atoms with Crippen LogP contribution in [0, 0.1) is 5.82 Å². The number of anilines is 2. The minimum absolute atomic E-state index is 0.0458. The van der Waals surface area contributed by atoms with Gasteiger partial charge in [0, 0.05) is 29.7 Å². The average molecular weight is 415 g/mol. The maximum absolute atomic E-state index is 14.5. The number of carbonyl (C=O) groups is 1. The van der Waals surface area contributed by atoms with Gasteiger partial charge in [0.25, 0.3) is 6.43 Å². The monoisotopic (exact) mass is 415 g/mol. The fourth-order valence-electron chi connectivity index (χ4n) is 3.60. The van der Waals surface area contributed by atoms with Crippen molar-refractivity contribution in [2.45, 2.75) is 19.4 Å². The van der Waals surface area contributed by atoms with Crippen LogP contribution in [0.1, 0.15) is 30.5 Å². The Morgan fingerprint density at radius 3 is 2.77 bits per heavy atom. The predicted molar refractivity (Wildman–Crippen MR) is 108 cm³/mol. The summed E-state index contributed by atoms with van der Waals surface area (Å²) >= 11 is 0. The lowest BCUT2D eigenvalue weighted by atomic mass is 10.0. The Morgan fingerprint density at radius 2 is 2.00 bits per heavy atom. The molecule has 0 spiro atoms. The summed E-state index contributed by atoms with van der Waals surface area (Å²) in [6.07, 6.45) is -1.37. The summed E-state index contributed by atoms with van der Waals surface area (Å²) in [4.78, 5) is 13.7. The van der Waals surface area contributed by atoms with Gasteiger partial charge in [-0.2, -0.15) is 10.2 Å². The van der Waals surface area contributed by atoms with Gasteiger partial charge < -0.3 is 15.5 Å². The van der Waals surface area contributed by atoms with Crippen molar-refractivity contribution in [3.63, 3.8) is 0 Å². The van der Waals surface area contributed by atoms with Crippen LogP contribution < -0.4 is 15.5 Å². The van der Waals surface area contributed by atoms with Crippen LogP contribution >= 0.6 is 0 Å². The third-order valence-corrected chi connectivity index (χ3v) is 5.16. The van der Waals surface area contributed by atoms with Gasteiger partial charge in [0.05, 0.1) is 35.6 Å². The fraction of sp³-hybridized carbons (Fsp3) is 0.286. The molecule has 1 aliphatic rings. The van der Waals surface area contributed by atoms with Crippen molar-refractivity contribution in [2.75, 3.05) is 29.9 Å². The number of rotatable bonds is 5. The molecule has 3 aromatic rings. The van der Waals surface area contributed by atoms with Gasteiger partial charge in [-0.3, -0.25) is 4.79 Å². The van der Waals surface area contributed by atoms with Crippen LogP contribution in [0.5, 0.6) is 0 Å². The third-order valence-electron chi connectivity index (χ3n) is 5.16. The normalized spacial score (nSPS) is 15.4. The molecule has 6 nitrogen and oxygen atoms in total. The zero-order chi connectivity index (χ0) is 21.3. The molecule has 0 unspecified atom stereocenters. The van der Waals surface area contributed by atoms with E-state index in [0.717, 1.165) is 17.1 Å². The Kier molecular flexibility index (Phi) is 5.43. The topological polar surface area (TPSA) is 70.2 Å². The van der Waals surface area contributed by atoms with E-state index < -0.39 is 23.8 Å². The summed E-state index contributed by atoms with van der Waals surface area (Å²) in [6.45, 7) is 3.20.